The van der Waals surface area contributed by atoms with Gasteiger partial charge in [0.05, 0.1) is 46.9 Å². The molecule has 7 nitrogen and oxygen atoms in total. The molecular weight excluding hydrogens is 540 g/mol. The van der Waals surface area contributed by atoms with Crippen molar-refractivity contribution in [3.8, 4) is 23.0 Å². The zero-order valence-electron chi connectivity index (χ0n) is 24.8. The van der Waals surface area contributed by atoms with Crippen LogP contribution in [0.15, 0.2) is 97.1 Å². The van der Waals surface area contributed by atoms with Gasteiger partial charge in [0.2, 0.25) is 0 Å². The highest BCUT2D eigenvalue weighted by Crippen LogP contribution is 2.64. The molecule has 7 heteroatoms. The van der Waals surface area contributed by atoms with Crippen molar-refractivity contribution in [2.24, 2.45) is 11.8 Å². The highest BCUT2D eigenvalue weighted by atomic mass is 16.5. The number of ketones is 1. The summed E-state index contributed by atoms with van der Waals surface area (Å²) in [6.45, 7) is 0.709. The van der Waals surface area contributed by atoms with Gasteiger partial charge >= 0.3 is 0 Å². The van der Waals surface area contributed by atoms with E-state index in [1.807, 2.05) is 48.5 Å². The van der Waals surface area contributed by atoms with Gasteiger partial charge in [0.25, 0.3) is 0 Å². The third kappa shape index (κ3) is 4.46. The van der Waals surface area contributed by atoms with Gasteiger partial charge in [0.1, 0.15) is 28.8 Å². The van der Waals surface area contributed by atoms with Gasteiger partial charge in [0, 0.05) is 24.2 Å². The number of rotatable bonds is 8. The van der Waals surface area contributed by atoms with Crippen molar-refractivity contribution < 1.29 is 23.7 Å². The normalized spacial score (nSPS) is 28.9. The van der Waals surface area contributed by atoms with Gasteiger partial charge in [-0.2, -0.15) is 0 Å². The third-order valence-corrected chi connectivity index (χ3v) is 9.60. The molecule has 0 spiro atoms. The maximum atomic E-state index is 15.0. The van der Waals surface area contributed by atoms with Gasteiger partial charge in [-0.3, -0.25) is 14.6 Å². The highest BCUT2D eigenvalue weighted by molar-refractivity contribution is 5.89. The van der Waals surface area contributed by atoms with E-state index in [4.69, 9.17) is 18.9 Å². The second-order valence-electron chi connectivity index (χ2n) is 11.5. The molecule has 0 aromatic heterocycles. The van der Waals surface area contributed by atoms with E-state index in [1.54, 1.807) is 28.4 Å². The van der Waals surface area contributed by atoms with Crippen LogP contribution in [-0.4, -0.2) is 50.7 Å². The summed E-state index contributed by atoms with van der Waals surface area (Å²) in [5, 5.41) is 0. The number of methoxy groups -OCH3 is 4. The van der Waals surface area contributed by atoms with Gasteiger partial charge < -0.3 is 18.9 Å². The minimum atomic E-state index is -0.246. The molecule has 4 heterocycles. The largest absolute Gasteiger partial charge is 0.497 e. The number of carbonyl (C=O) groups excluding carboxylic acids is 1. The molecule has 0 N–H and O–H groups in total. The zero-order valence-corrected chi connectivity index (χ0v) is 24.8. The lowest BCUT2D eigenvalue weighted by Gasteiger charge is -2.67. The number of hydrogen-bond acceptors (Lipinski definition) is 7. The first kappa shape index (κ1) is 27.5. The van der Waals surface area contributed by atoms with Gasteiger partial charge in [-0.15, -0.1) is 0 Å². The Morgan fingerprint density at radius 2 is 0.674 bits per heavy atom. The number of Topliss-reactive ketones (excluding diaryl/α,β-unsaturated/α-hetero) is 1. The van der Waals surface area contributed by atoms with Gasteiger partial charge in [-0.25, -0.2) is 0 Å². The lowest BCUT2D eigenvalue weighted by Crippen LogP contribution is -2.69. The van der Waals surface area contributed by atoms with Crippen LogP contribution in [0, 0.1) is 11.8 Å². The van der Waals surface area contributed by atoms with Crippen LogP contribution in [0.3, 0.4) is 0 Å². The molecule has 4 aliphatic rings. The predicted octanol–water partition coefficient (Wildman–Crippen LogP) is 6.39. The summed E-state index contributed by atoms with van der Waals surface area (Å²) in [7, 11) is 6.71. The minimum absolute atomic E-state index is 0.0954. The standard InChI is InChI=1S/C36H36N2O5/c1-40-26-13-5-22(6-14-26)32-30-33(23-7-15-27(41-2)16-8-23)38-21-37(32)34(24-9-17-28(42-3)18-10-24)31(36(30)39)35(38)25-11-19-29(43-4)20-12-25/h5-20,30-35H,21H2,1-4H3/t30?,31?,32-,33+,34+,35-. The molecule has 4 aromatic rings. The smallest absolute Gasteiger partial charge is 0.146 e. The Morgan fingerprint density at radius 1 is 0.442 bits per heavy atom. The molecule has 4 unspecified atom stereocenters. The molecule has 4 fully saturated rings. The third-order valence-electron chi connectivity index (χ3n) is 9.60. The van der Waals surface area contributed by atoms with Crippen LogP contribution in [0.1, 0.15) is 46.4 Å². The predicted molar refractivity (Wildman–Crippen MR) is 163 cm³/mol. The van der Waals surface area contributed by atoms with Crippen molar-refractivity contribution in [3.05, 3.63) is 119 Å². The zero-order chi connectivity index (χ0) is 29.7. The van der Waals surface area contributed by atoms with Crippen molar-refractivity contribution in [3.63, 3.8) is 0 Å². The van der Waals surface area contributed by atoms with E-state index in [-0.39, 0.29) is 36.0 Å². The topological polar surface area (TPSA) is 60.5 Å². The second-order valence-corrected chi connectivity index (χ2v) is 11.5. The van der Waals surface area contributed by atoms with Crippen LogP contribution < -0.4 is 18.9 Å². The molecular formula is C36H36N2O5. The van der Waals surface area contributed by atoms with E-state index in [0.29, 0.717) is 12.5 Å². The highest BCUT2D eigenvalue weighted by Gasteiger charge is 2.65. The molecule has 220 valence electrons. The van der Waals surface area contributed by atoms with Crippen molar-refractivity contribution >= 4 is 5.78 Å². The van der Waals surface area contributed by atoms with E-state index < -0.39 is 0 Å². The van der Waals surface area contributed by atoms with Crippen molar-refractivity contribution in [1.82, 2.24) is 9.80 Å². The fourth-order valence-electron chi connectivity index (χ4n) is 7.70. The van der Waals surface area contributed by atoms with E-state index >= 15 is 4.79 Å². The average molecular weight is 577 g/mol. The summed E-state index contributed by atoms with van der Waals surface area (Å²) in [6.07, 6.45) is 0. The number of nitrogens with zero attached hydrogens (tertiary/aromatic N) is 2. The van der Waals surface area contributed by atoms with Crippen LogP contribution in [0.25, 0.3) is 0 Å². The summed E-state index contributed by atoms with van der Waals surface area (Å²) >= 11 is 0. The Hall–Kier alpha value is -4.33. The summed E-state index contributed by atoms with van der Waals surface area (Å²) in [4.78, 5) is 20.1. The van der Waals surface area contributed by atoms with E-state index in [0.717, 1.165) is 45.3 Å². The number of benzene rings is 4. The molecule has 8 atom stereocenters. The molecule has 0 saturated carbocycles. The molecule has 0 amide bonds. The monoisotopic (exact) mass is 576 g/mol. The van der Waals surface area contributed by atoms with Crippen molar-refractivity contribution in [1.29, 1.82) is 0 Å². The first-order valence-electron chi connectivity index (χ1n) is 14.7. The maximum absolute atomic E-state index is 15.0. The van der Waals surface area contributed by atoms with E-state index in [9.17, 15) is 0 Å². The molecule has 4 aliphatic heterocycles. The lowest BCUT2D eigenvalue weighted by molar-refractivity contribution is -0.208. The van der Waals surface area contributed by atoms with Crippen LogP contribution in [0.4, 0.5) is 0 Å². The lowest BCUT2D eigenvalue weighted by atomic mass is 9.60. The van der Waals surface area contributed by atoms with E-state index in [2.05, 4.69) is 58.3 Å². The van der Waals surface area contributed by atoms with Crippen LogP contribution in [0.2, 0.25) is 0 Å². The molecule has 43 heavy (non-hydrogen) atoms. The fraction of sp³-hybridized carbons (Fsp3) is 0.306. The quantitative estimate of drug-likeness (QED) is 0.241. The van der Waals surface area contributed by atoms with Crippen molar-refractivity contribution in [2.45, 2.75) is 24.2 Å². The number of hydrogen-bond donors (Lipinski definition) is 0. The van der Waals surface area contributed by atoms with E-state index in [1.165, 1.54) is 0 Å². The molecule has 4 saturated heterocycles. The number of ether oxygens (including phenoxy) is 4. The van der Waals surface area contributed by atoms with Gasteiger partial charge in [-0.05, 0) is 70.8 Å². The first-order valence-corrected chi connectivity index (χ1v) is 14.7. The van der Waals surface area contributed by atoms with Gasteiger partial charge in [0.15, 0.2) is 0 Å². The Kier molecular flexibility index (Phi) is 7.07. The summed E-state index contributed by atoms with van der Waals surface area (Å²) in [5.74, 6) is 3.02. The molecule has 4 aromatic carbocycles. The Labute approximate surface area is 252 Å². The first-order chi connectivity index (χ1) is 21.1. The molecule has 0 radical (unpaired) electrons. The Balaban J connectivity index is 1.41. The Bertz CT molecular complexity index is 1360. The van der Waals surface area contributed by atoms with Crippen LogP contribution in [0.5, 0.6) is 23.0 Å². The molecule has 4 bridgehead atoms. The minimum Gasteiger partial charge on any atom is -0.497 e. The molecule has 8 rings (SSSR count). The Morgan fingerprint density at radius 3 is 0.884 bits per heavy atom. The van der Waals surface area contributed by atoms with Crippen molar-refractivity contribution in [2.75, 3.05) is 35.1 Å². The van der Waals surface area contributed by atoms with Gasteiger partial charge in [-0.1, -0.05) is 48.5 Å². The fourth-order valence-corrected chi connectivity index (χ4v) is 7.70. The SMILES string of the molecule is COc1ccc([C@@H]2C3C(=O)C4[C@@H](c5ccc(OC)cc5)N(CN2[C@H]4c2ccc(OC)cc2)[C@H]3c2ccc(OC)cc2)cc1. The summed E-state index contributed by atoms with van der Waals surface area (Å²) in [6, 6.07) is 32.5. The average Bonchev–Trinajstić information content (AvgIpc) is 3.07. The maximum Gasteiger partial charge on any atom is 0.146 e. The summed E-state index contributed by atoms with van der Waals surface area (Å²) in [5.41, 5.74) is 4.49. The number of carbonyl (C=O) groups is 1. The second kappa shape index (κ2) is 11.1. The summed E-state index contributed by atoms with van der Waals surface area (Å²) < 4.78 is 21.9. The molecule has 0 aliphatic carbocycles. The van der Waals surface area contributed by atoms with Crippen LogP contribution >= 0.6 is 0 Å². The van der Waals surface area contributed by atoms with Crippen LogP contribution in [-0.2, 0) is 4.79 Å². The number of piperidine rings is 2.